The van der Waals surface area contributed by atoms with Crippen molar-refractivity contribution in [3.8, 4) is 0 Å². The summed E-state index contributed by atoms with van der Waals surface area (Å²) in [5, 5.41) is 2.11. The van der Waals surface area contributed by atoms with Crippen LogP contribution in [0.1, 0.15) is 23.8 Å². The Morgan fingerprint density at radius 2 is 1.88 bits per heavy atom. The summed E-state index contributed by atoms with van der Waals surface area (Å²) in [5.41, 5.74) is 0.636. The molecule has 4 rings (SSSR count). The van der Waals surface area contributed by atoms with Gasteiger partial charge < -0.3 is 9.80 Å². The van der Waals surface area contributed by atoms with E-state index in [0.29, 0.717) is 44.5 Å². The molecule has 0 bridgehead atoms. The van der Waals surface area contributed by atoms with Gasteiger partial charge >= 0.3 is 0 Å². The maximum absolute atomic E-state index is 14.0. The number of thiophene rings is 1. The molecular formula is C20H24FN3OS. The lowest BCUT2D eigenvalue weighted by Crippen LogP contribution is -2.51. The summed E-state index contributed by atoms with van der Waals surface area (Å²) in [6, 6.07) is 11.5. The SMILES string of the molecule is O=C(CN1CCC[C@@H]1c1cccs1)N1CCN(c2ccccc2F)CC1. The van der Waals surface area contributed by atoms with E-state index in [1.807, 2.05) is 21.9 Å². The number of hydrogen-bond acceptors (Lipinski definition) is 4. The molecule has 2 saturated heterocycles. The fraction of sp³-hybridized carbons (Fsp3) is 0.450. The number of halogens is 1. The maximum Gasteiger partial charge on any atom is 0.236 e. The van der Waals surface area contributed by atoms with Crippen molar-refractivity contribution < 1.29 is 9.18 Å². The first-order chi connectivity index (χ1) is 12.7. The van der Waals surface area contributed by atoms with Crippen LogP contribution in [0.25, 0.3) is 0 Å². The third kappa shape index (κ3) is 3.62. The van der Waals surface area contributed by atoms with Crippen molar-refractivity contribution in [2.24, 2.45) is 0 Å². The number of rotatable bonds is 4. The minimum atomic E-state index is -0.192. The van der Waals surface area contributed by atoms with Gasteiger partial charge in [0, 0.05) is 37.1 Å². The van der Waals surface area contributed by atoms with Crippen LogP contribution in [-0.4, -0.2) is 55.0 Å². The predicted octanol–water partition coefficient (Wildman–Crippen LogP) is 3.37. The number of nitrogens with zero attached hydrogens (tertiary/aromatic N) is 3. The zero-order valence-corrected chi connectivity index (χ0v) is 15.6. The number of piperazine rings is 1. The summed E-state index contributed by atoms with van der Waals surface area (Å²) < 4.78 is 14.0. The van der Waals surface area contributed by atoms with E-state index in [2.05, 4.69) is 22.4 Å². The lowest BCUT2D eigenvalue weighted by atomic mass is 10.2. The highest BCUT2D eigenvalue weighted by atomic mass is 32.1. The number of likely N-dealkylation sites (tertiary alicyclic amines) is 1. The monoisotopic (exact) mass is 373 g/mol. The second kappa shape index (κ2) is 7.76. The quantitative estimate of drug-likeness (QED) is 0.822. The third-order valence-electron chi connectivity index (χ3n) is 5.40. The van der Waals surface area contributed by atoms with Crippen LogP contribution in [0.3, 0.4) is 0 Å². The molecule has 1 aromatic carbocycles. The fourth-order valence-electron chi connectivity index (χ4n) is 4.00. The summed E-state index contributed by atoms with van der Waals surface area (Å²) in [7, 11) is 0. The topological polar surface area (TPSA) is 26.8 Å². The Balaban J connectivity index is 1.33. The molecule has 1 atom stereocenters. The van der Waals surface area contributed by atoms with Crippen molar-refractivity contribution in [3.05, 3.63) is 52.5 Å². The number of benzene rings is 1. The molecule has 2 aliphatic rings. The number of carbonyl (C=O) groups is 1. The Kier molecular flexibility index (Phi) is 5.22. The van der Waals surface area contributed by atoms with Crippen LogP contribution in [-0.2, 0) is 4.79 Å². The van der Waals surface area contributed by atoms with Crippen LogP contribution in [0.5, 0.6) is 0 Å². The van der Waals surface area contributed by atoms with Crippen molar-refractivity contribution in [1.29, 1.82) is 0 Å². The molecule has 0 N–H and O–H groups in total. The first kappa shape index (κ1) is 17.5. The minimum Gasteiger partial charge on any atom is -0.366 e. The largest absolute Gasteiger partial charge is 0.366 e. The summed E-state index contributed by atoms with van der Waals surface area (Å²) in [5.74, 6) is 0.00442. The maximum atomic E-state index is 14.0. The summed E-state index contributed by atoms with van der Waals surface area (Å²) in [6.07, 6.45) is 2.28. The Morgan fingerprint density at radius 1 is 1.08 bits per heavy atom. The molecule has 1 aromatic heterocycles. The molecule has 0 unspecified atom stereocenters. The van der Waals surface area contributed by atoms with Gasteiger partial charge in [0.25, 0.3) is 0 Å². The Bertz CT molecular complexity index is 743. The molecule has 0 saturated carbocycles. The molecule has 138 valence electrons. The van der Waals surface area contributed by atoms with E-state index in [1.54, 1.807) is 17.4 Å². The van der Waals surface area contributed by atoms with E-state index < -0.39 is 0 Å². The van der Waals surface area contributed by atoms with Gasteiger partial charge in [0.15, 0.2) is 0 Å². The van der Waals surface area contributed by atoms with Gasteiger partial charge in [0.05, 0.1) is 12.2 Å². The first-order valence-corrected chi connectivity index (χ1v) is 10.1. The van der Waals surface area contributed by atoms with E-state index in [-0.39, 0.29) is 11.7 Å². The van der Waals surface area contributed by atoms with E-state index in [0.717, 1.165) is 19.4 Å². The van der Waals surface area contributed by atoms with Crippen molar-refractivity contribution in [2.45, 2.75) is 18.9 Å². The Morgan fingerprint density at radius 3 is 2.62 bits per heavy atom. The normalized spacial score (nSPS) is 21.3. The van der Waals surface area contributed by atoms with Crippen LogP contribution < -0.4 is 4.90 Å². The van der Waals surface area contributed by atoms with Crippen molar-refractivity contribution in [1.82, 2.24) is 9.80 Å². The number of carbonyl (C=O) groups excluding carboxylic acids is 1. The zero-order chi connectivity index (χ0) is 17.9. The average Bonchev–Trinajstić information content (AvgIpc) is 3.33. The molecule has 3 heterocycles. The lowest BCUT2D eigenvalue weighted by molar-refractivity contribution is -0.133. The smallest absolute Gasteiger partial charge is 0.236 e. The molecule has 2 aromatic rings. The van der Waals surface area contributed by atoms with Crippen molar-refractivity contribution >= 4 is 22.9 Å². The minimum absolute atomic E-state index is 0.192. The van der Waals surface area contributed by atoms with Gasteiger partial charge in [0.2, 0.25) is 5.91 Å². The standard InChI is InChI=1S/C20H24FN3OS/c21-16-5-1-2-6-17(16)22-10-12-23(13-11-22)20(25)15-24-9-3-7-18(24)19-8-4-14-26-19/h1-2,4-6,8,14,18H,3,7,9-13,15H2/t18-/m1/s1. The molecular weight excluding hydrogens is 349 g/mol. The number of amides is 1. The molecule has 2 fully saturated rings. The third-order valence-corrected chi connectivity index (χ3v) is 6.37. The lowest BCUT2D eigenvalue weighted by Gasteiger charge is -2.37. The Labute approximate surface area is 157 Å². The highest BCUT2D eigenvalue weighted by molar-refractivity contribution is 7.10. The van der Waals surface area contributed by atoms with E-state index in [9.17, 15) is 9.18 Å². The molecule has 1 amide bonds. The summed E-state index contributed by atoms with van der Waals surface area (Å²) in [6.45, 7) is 4.16. The van der Waals surface area contributed by atoms with E-state index >= 15 is 0 Å². The van der Waals surface area contributed by atoms with E-state index in [4.69, 9.17) is 0 Å². The molecule has 26 heavy (non-hydrogen) atoms. The van der Waals surface area contributed by atoms with Gasteiger partial charge in [-0.15, -0.1) is 11.3 Å². The van der Waals surface area contributed by atoms with Crippen molar-refractivity contribution in [3.63, 3.8) is 0 Å². The number of anilines is 1. The Hall–Kier alpha value is -1.92. The average molecular weight is 373 g/mol. The van der Waals surface area contributed by atoms with E-state index in [1.165, 1.54) is 10.9 Å². The molecule has 0 aliphatic carbocycles. The highest BCUT2D eigenvalue weighted by Crippen LogP contribution is 2.34. The van der Waals surface area contributed by atoms with Gasteiger partial charge in [-0.05, 0) is 43.0 Å². The summed E-state index contributed by atoms with van der Waals surface area (Å²) >= 11 is 1.78. The van der Waals surface area contributed by atoms with Gasteiger partial charge in [-0.25, -0.2) is 4.39 Å². The summed E-state index contributed by atoms with van der Waals surface area (Å²) in [4.78, 5) is 20.4. The van der Waals surface area contributed by atoms with Gasteiger partial charge in [-0.3, -0.25) is 9.69 Å². The second-order valence-electron chi connectivity index (χ2n) is 6.96. The fourth-order valence-corrected chi connectivity index (χ4v) is 4.89. The van der Waals surface area contributed by atoms with Crippen LogP contribution in [0.15, 0.2) is 41.8 Å². The molecule has 4 nitrogen and oxygen atoms in total. The number of hydrogen-bond donors (Lipinski definition) is 0. The zero-order valence-electron chi connectivity index (χ0n) is 14.8. The van der Waals surface area contributed by atoms with Gasteiger partial charge in [-0.1, -0.05) is 18.2 Å². The van der Waals surface area contributed by atoms with Crippen LogP contribution in [0.2, 0.25) is 0 Å². The first-order valence-electron chi connectivity index (χ1n) is 9.27. The van der Waals surface area contributed by atoms with Crippen LogP contribution in [0, 0.1) is 5.82 Å². The molecule has 0 spiro atoms. The van der Waals surface area contributed by atoms with Crippen LogP contribution in [0.4, 0.5) is 10.1 Å². The molecule has 0 radical (unpaired) electrons. The van der Waals surface area contributed by atoms with Gasteiger partial charge in [-0.2, -0.15) is 0 Å². The predicted molar refractivity (Wildman–Crippen MR) is 103 cm³/mol. The van der Waals surface area contributed by atoms with Gasteiger partial charge in [0.1, 0.15) is 5.82 Å². The number of para-hydroxylation sites is 1. The van der Waals surface area contributed by atoms with Crippen LogP contribution >= 0.6 is 11.3 Å². The second-order valence-corrected chi connectivity index (χ2v) is 7.94. The molecule has 2 aliphatic heterocycles. The molecule has 6 heteroatoms. The van der Waals surface area contributed by atoms with Crippen molar-refractivity contribution in [2.75, 3.05) is 44.2 Å². The highest BCUT2D eigenvalue weighted by Gasteiger charge is 2.30.